The van der Waals surface area contributed by atoms with Gasteiger partial charge in [0.15, 0.2) is 0 Å². The van der Waals surface area contributed by atoms with Crippen LogP contribution in [-0.4, -0.2) is 25.8 Å². The molecule has 0 bridgehead atoms. The largest absolute Gasteiger partial charge is 0.385 e. The molecular weight excluding hydrogens is 198 g/mol. The molecule has 0 aliphatic carbocycles. The van der Waals surface area contributed by atoms with Crippen LogP contribution >= 0.6 is 0 Å². The van der Waals surface area contributed by atoms with Crippen LogP contribution in [0.1, 0.15) is 54.4 Å². The molecule has 0 saturated heterocycles. The van der Waals surface area contributed by atoms with E-state index in [1.807, 2.05) is 0 Å². The van der Waals surface area contributed by atoms with Crippen molar-refractivity contribution in [3.63, 3.8) is 0 Å². The smallest absolute Gasteiger partial charge is 0.0465 e. The van der Waals surface area contributed by atoms with Crippen molar-refractivity contribution in [3.05, 3.63) is 0 Å². The summed E-state index contributed by atoms with van der Waals surface area (Å²) in [5.41, 5.74) is 0.573. The number of hydrogen-bond donors (Lipinski definition) is 1. The maximum atomic E-state index is 5.18. The zero-order valence-corrected chi connectivity index (χ0v) is 12.3. The Labute approximate surface area is 102 Å². The SMILES string of the molecule is CCC(C)(CNC(C)(C)C)C(C)CCOC. The van der Waals surface area contributed by atoms with Crippen LogP contribution in [0.4, 0.5) is 0 Å². The first-order chi connectivity index (χ1) is 7.25. The second-order valence-electron chi connectivity index (χ2n) is 6.29. The molecule has 2 nitrogen and oxygen atoms in total. The number of methoxy groups -OCH3 is 1. The molecule has 2 atom stereocenters. The second kappa shape index (κ2) is 6.61. The summed E-state index contributed by atoms with van der Waals surface area (Å²) in [6.45, 7) is 15.6. The van der Waals surface area contributed by atoms with Crippen molar-refractivity contribution in [3.8, 4) is 0 Å². The van der Waals surface area contributed by atoms with Crippen LogP contribution in [0.25, 0.3) is 0 Å². The van der Waals surface area contributed by atoms with Gasteiger partial charge in [-0.3, -0.25) is 0 Å². The quantitative estimate of drug-likeness (QED) is 0.722. The topological polar surface area (TPSA) is 21.3 Å². The minimum atomic E-state index is 0.206. The molecule has 0 aliphatic rings. The minimum Gasteiger partial charge on any atom is -0.385 e. The molecule has 1 N–H and O–H groups in total. The first-order valence-corrected chi connectivity index (χ1v) is 6.49. The number of hydrogen-bond acceptors (Lipinski definition) is 2. The fourth-order valence-electron chi connectivity index (χ4n) is 1.76. The van der Waals surface area contributed by atoms with Gasteiger partial charge >= 0.3 is 0 Å². The molecule has 16 heavy (non-hydrogen) atoms. The minimum absolute atomic E-state index is 0.206. The first kappa shape index (κ1) is 15.9. The zero-order chi connectivity index (χ0) is 12.8. The van der Waals surface area contributed by atoms with Crippen LogP contribution in [0.3, 0.4) is 0 Å². The molecule has 2 unspecified atom stereocenters. The lowest BCUT2D eigenvalue weighted by atomic mass is 9.74. The molecular formula is C14H31NO. The van der Waals surface area contributed by atoms with Gasteiger partial charge in [-0.1, -0.05) is 20.8 Å². The van der Waals surface area contributed by atoms with E-state index in [1.54, 1.807) is 7.11 Å². The van der Waals surface area contributed by atoms with E-state index in [0.29, 0.717) is 11.3 Å². The van der Waals surface area contributed by atoms with Crippen LogP contribution in [-0.2, 0) is 4.74 Å². The van der Waals surface area contributed by atoms with Crippen molar-refractivity contribution >= 4 is 0 Å². The third-order valence-electron chi connectivity index (χ3n) is 3.77. The van der Waals surface area contributed by atoms with Gasteiger partial charge in [-0.15, -0.1) is 0 Å². The Balaban J connectivity index is 4.28. The average Bonchev–Trinajstić information content (AvgIpc) is 2.21. The van der Waals surface area contributed by atoms with Crippen molar-refractivity contribution in [1.82, 2.24) is 5.32 Å². The lowest BCUT2D eigenvalue weighted by molar-refractivity contribution is 0.114. The summed E-state index contributed by atoms with van der Waals surface area (Å²) < 4.78 is 5.18. The molecule has 0 radical (unpaired) electrons. The van der Waals surface area contributed by atoms with Gasteiger partial charge in [0.1, 0.15) is 0 Å². The Morgan fingerprint density at radius 1 is 1.19 bits per heavy atom. The molecule has 98 valence electrons. The van der Waals surface area contributed by atoms with E-state index in [2.05, 4.69) is 46.9 Å². The standard InChI is InChI=1S/C14H31NO/c1-8-14(6,11-15-13(3,4)5)12(2)9-10-16-7/h12,15H,8-11H2,1-7H3. The van der Waals surface area contributed by atoms with E-state index >= 15 is 0 Å². The molecule has 0 heterocycles. The molecule has 0 aromatic heterocycles. The fourth-order valence-corrected chi connectivity index (χ4v) is 1.76. The van der Waals surface area contributed by atoms with Gasteiger partial charge in [0, 0.05) is 25.8 Å². The van der Waals surface area contributed by atoms with Crippen LogP contribution in [0.5, 0.6) is 0 Å². The summed E-state index contributed by atoms with van der Waals surface area (Å²) in [5.74, 6) is 0.687. The van der Waals surface area contributed by atoms with E-state index in [9.17, 15) is 0 Å². The molecule has 0 aromatic carbocycles. The Kier molecular flexibility index (Phi) is 6.57. The van der Waals surface area contributed by atoms with E-state index in [1.165, 1.54) is 6.42 Å². The lowest BCUT2D eigenvalue weighted by Crippen LogP contribution is -2.45. The van der Waals surface area contributed by atoms with Gasteiger partial charge in [0.05, 0.1) is 0 Å². The van der Waals surface area contributed by atoms with Gasteiger partial charge in [-0.25, -0.2) is 0 Å². The van der Waals surface area contributed by atoms with Crippen molar-refractivity contribution in [2.45, 2.75) is 59.9 Å². The number of rotatable bonds is 7. The van der Waals surface area contributed by atoms with Gasteiger partial charge in [-0.2, -0.15) is 0 Å². The highest BCUT2D eigenvalue weighted by atomic mass is 16.5. The number of nitrogens with one attached hydrogen (secondary N) is 1. The molecule has 0 aromatic rings. The predicted molar refractivity (Wildman–Crippen MR) is 71.8 cm³/mol. The second-order valence-corrected chi connectivity index (χ2v) is 6.29. The van der Waals surface area contributed by atoms with E-state index < -0.39 is 0 Å². The summed E-state index contributed by atoms with van der Waals surface area (Å²) in [5, 5.41) is 3.63. The van der Waals surface area contributed by atoms with Crippen molar-refractivity contribution in [2.75, 3.05) is 20.3 Å². The third kappa shape index (κ3) is 5.86. The molecule has 0 saturated carbocycles. The van der Waals surface area contributed by atoms with E-state index in [-0.39, 0.29) is 5.54 Å². The van der Waals surface area contributed by atoms with Crippen LogP contribution in [0.15, 0.2) is 0 Å². The highest BCUT2D eigenvalue weighted by Gasteiger charge is 2.30. The monoisotopic (exact) mass is 229 g/mol. The van der Waals surface area contributed by atoms with Gasteiger partial charge in [0.25, 0.3) is 0 Å². The molecule has 0 aliphatic heterocycles. The summed E-state index contributed by atoms with van der Waals surface area (Å²) >= 11 is 0. The Hall–Kier alpha value is -0.0800. The molecule has 0 rings (SSSR count). The van der Waals surface area contributed by atoms with Crippen molar-refractivity contribution in [2.24, 2.45) is 11.3 Å². The Bertz CT molecular complexity index is 186. The van der Waals surface area contributed by atoms with Crippen molar-refractivity contribution < 1.29 is 4.74 Å². The average molecular weight is 229 g/mol. The zero-order valence-electron chi connectivity index (χ0n) is 12.3. The van der Waals surface area contributed by atoms with Crippen molar-refractivity contribution in [1.29, 1.82) is 0 Å². The Morgan fingerprint density at radius 2 is 1.75 bits per heavy atom. The number of ether oxygens (including phenoxy) is 1. The fraction of sp³-hybridized carbons (Fsp3) is 1.00. The highest BCUT2D eigenvalue weighted by Crippen LogP contribution is 2.33. The van der Waals surface area contributed by atoms with Gasteiger partial charge in [-0.05, 0) is 44.9 Å². The summed E-state index contributed by atoms with van der Waals surface area (Å²) in [4.78, 5) is 0. The van der Waals surface area contributed by atoms with Gasteiger partial charge in [0.2, 0.25) is 0 Å². The normalized spacial score (nSPS) is 18.2. The first-order valence-electron chi connectivity index (χ1n) is 6.49. The third-order valence-corrected chi connectivity index (χ3v) is 3.77. The molecule has 0 amide bonds. The van der Waals surface area contributed by atoms with Crippen LogP contribution in [0, 0.1) is 11.3 Å². The summed E-state index contributed by atoms with van der Waals surface area (Å²) in [7, 11) is 1.78. The summed E-state index contributed by atoms with van der Waals surface area (Å²) in [6.07, 6.45) is 2.35. The molecule has 0 fully saturated rings. The maximum absolute atomic E-state index is 5.18. The van der Waals surface area contributed by atoms with Gasteiger partial charge < -0.3 is 10.1 Å². The van der Waals surface area contributed by atoms with Crippen LogP contribution in [0.2, 0.25) is 0 Å². The predicted octanol–water partition coefficient (Wildman–Crippen LogP) is 3.46. The highest BCUT2D eigenvalue weighted by molar-refractivity contribution is 4.84. The van der Waals surface area contributed by atoms with Crippen LogP contribution < -0.4 is 5.32 Å². The lowest BCUT2D eigenvalue weighted by Gasteiger charge is -2.38. The van der Waals surface area contributed by atoms with E-state index in [4.69, 9.17) is 4.74 Å². The Morgan fingerprint density at radius 3 is 2.12 bits per heavy atom. The summed E-state index contributed by atoms with van der Waals surface area (Å²) in [6, 6.07) is 0. The molecule has 2 heteroatoms. The molecule has 0 spiro atoms. The van der Waals surface area contributed by atoms with E-state index in [0.717, 1.165) is 19.6 Å². The maximum Gasteiger partial charge on any atom is 0.0465 e.